The van der Waals surface area contributed by atoms with Crippen LogP contribution >= 0.6 is 23.4 Å². The fourth-order valence-electron chi connectivity index (χ4n) is 2.99. The van der Waals surface area contributed by atoms with Crippen molar-refractivity contribution in [1.82, 2.24) is 9.97 Å². The highest BCUT2D eigenvalue weighted by Crippen LogP contribution is 2.39. The number of thioether (sulfide) groups is 1. The van der Waals surface area contributed by atoms with E-state index in [9.17, 15) is 26.3 Å². The van der Waals surface area contributed by atoms with Gasteiger partial charge in [0.15, 0.2) is 0 Å². The van der Waals surface area contributed by atoms with Gasteiger partial charge in [-0.25, -0.2) is 9.97 Å². The standard InChI is InChI=1S/C20H15ClF6N4S/c21-15-7-11(1-6-14(15)19(22,23)24)16-8-17(31-10-30-16)18(29,9-28)12-2-4-13(5-3-12)32-20(25,26)27/h1-8,10H,9,28-29H2. The third-order valence-electron chi connectivity index (χ3n) is 4.62. The highest BCUT2D eigenvalue weighted by molar-refractivity contribution is 8.00. The van der Waals surface area contributed by atoms with Gasteiger partial charge in [0.1, 0.15) is 6.33 Å². The third kappa shape index (κ3) is 5.34. The molecule has 0 amide bonds. The van der Waals surface area contributed by atoms with Crippen LogP contribution in [0.15, 0.2) is 59.8 Å². The average molecular weight is 493 g/mol. The Labute approximate surface area is 188 Å². The van der Waals surface area contributed by atoms with Crippen LogP contribution in [0.1, 0.15) is 16.8 Å². The monoisotopic (exact) mass is 492 g/mol. The third-order valence-corrected chi connectivity index (χ3v) is 5.67. The Kier molecular flexibility index (Phi) is 6.75. The van der Waals surface area contributed by atoms with E-state index in [0.717, 1.165) is 12.1 Å². The number of benzene rings is 2. The minimum atomic E-state index is -4.60. The van der Waals surface area contributed by atoms with Crippen LogP contribution < -0.4 is 11.5 Å². The van der Waals surface area contributed by atoms with E-state index < -0.39 is 27.8 Å². The van der Waals surface area contributed by atoms with Gasteiger partial charge in [0.2, 0.25) is 0 Å². The molecule has 1 aromatic heterocycles. The molecule has 2 aromatic carbocycles. The van der Waals surface area contributed by atoms with Crippen molar-refractivity contribution in [3.8, 4) is 11.3 Å². The van der Waals surface area contributed by atoms with Crippen LogP contribution in [0.25, 0.3) is 11.3 Å². The second kappa shape index (κ2) is 8.89. The maximum atomic E-state index is 13.0. The molecule has 0 spiro atoms. The average Bonchev–Trinajstić information content (AvgIpc) is 2.71. The lowest BCUT2D eigenvalue weighted by Crippen LogP contribution is -2.45. The molecule has 4 nitrogen and oxygen atoms in total. The topological polar surface area (TPSA) is 77.8 Å². The molecule has 1 atom stereocenters. The van der Waals surface area contributed by atoms with E-state index in [2.05, 4.69) is 9.97 Å². The quantitative estimate of drug-likeness (QED) is 0.359. The van der Waals surface area contributed by atoms with Crippen LogP contribution in [0, 0.1) is 0 Å². The number of rotatable bonds is 5. The maximum absolute atomic E-state index is 13.0. The summed E-state index contributed by atoms with van der Waals surface area (Å²) in [6.07, 6.45) is -3.43. The minimum absolute atomic E-state index is 0.0246. The Bertz CT molecular complexity index is 1100. The summed E-state index contributed by atoms with van der Waals surface area (Å²) < 4.78 is 76.5. The normalized spacial score (nSPS) is 14.3. The van der Waals surface area contributed by atoms with Crippen molar-refractivity contribution >= 4 is 23.4 Å². The molecular weight excluding hydrogens is 478 g/mol. The van der Waals surface area contributed by atoms with Crippen molar-refractivity contribution in [2.24, 2.45) is 11.5 Å². The first-order chi connectivity index (χ1) is 14.8. The summed E-state index contributed by atoms with van der Waals surface area (Å²) in [6, 6.07) is 9.99. The second-order valence-electron chi connectivity index (χ2n) is 6.73. The van der Waals surface area contributed by atoms with Gasteiger partial charge in [0, 0.05) is 17.0 Å². The molecule has 0 bridgehead atoms. The van der Waals surface area contributed by atoms with Gasteiger partial charge < -0.3 is 11.5 Å². The summed E-state index contributed by atoms with van der Waals surface area (Å²) in [5.41, 5.74) is 6.72. The van der Waals surface area contributed by atoms with Gasteiger partial charge in [-0.05, 0) is 47.7 Å². The molecular formula is C20H15ClF6N4S. The minimum Gasteiger partial charge on any atom is -0.328 e. The number of alkyl halides is 6. The highest BCUT2D eigenvalue weighted by atomic mass is 35.5. The van der Waals surface area contributed by atoms with Crippen LogP contribution in [0.3, 0.4) is 0 Å². The van der Waals surface area contributed by atoms with Crippen LogP contribution in [0.2, 0.25) is 5.02 Å². The summed E-state index contributed by atoms with van der Waals surface area (Å²) in [5.74, 6) is 0. The van der Waals surface area contributed by atoms with Crippen molar-refractivity contribution in [3.63, 3.8) is 0 Å². The van der Waals surface area contributed by atoms with Crippen LogP contribution in [0.4, 0.5) is 26.3 Å². The van der Waals surface area contributed by atoms with Crippen molar-refractivity contribution < 1.29 is 26.3 Å². The largest absolute Gasteiger partial charge is 0.446 e. The van der Waals surface area contributed by atoms with Gasteiger partial charge in [-0.15, -0.1) is 0 Å². The highest BCUT2D eigenvalue weighted by Gasteiger charge is 2.34. The number of nitrogens with two attached hydrogens (primary N) is 2. The fraction of sp³-hybridized carbons (Fsp3) is 0.200. The molecule has 0 radical (unpaired) electrons. The lowest BCUT2D eigenvalue weighted by atomic mass is 9.87. The van der Waals surface area contributed by atoms with Crippen molar-refractivity contribution in [1.29, 1.82) is 0 Å². The van der Waals surface area contributed by atoms with Crippen molar-refractivity contribution in [2.45, 2.75) is 22.1 Å². The van der Waals surface area contributed by atoms with E-state index >= 15 is 0 Å². The molecule has 170 valence electrons. The van der Waals surface area contributed by atoms with E-state index in [1.807, 2.05) is 0 Å². The summed E-state index contributed by atoms with van der Waals surface area (Å²) in [5, 5.41) is -0.495. The van der Waals surface area contributed by atoms with E-state index in [1.54, 1.807) is 0 Å². The zero-order chi connectivity index (χ0) is 23.7. The Morgan fingerprint density at radius 3 is 2.09 bits per heavy atom. The summed E-state index contributed by atoms with van der Waals surface area (Å²) in [7, 11) is 0. The summed E-state index contributed by atoms with van der Waals surface area (Å²) in [4.78, 5) is 8.17. The number of nitrogens with zero attached hydrogens (tertiary/aromatic N) is 2. The zero-order valence-electron chi connectivity index (χ0n) is 16.0. The lowest BCUT2D eigenvalue weighted by Gasteiger charge is -2.28. The van der Waals surface area contributed by atoms with Gasteiger partial charge in [-0.2, -0.15) is 26.3 Å². The van der Waals surface area contributed by atoms with E-state index in [0.29, 0.717) is 11.1 Å². The SMILES string of the molecule is NCC(N)(c1ccc(SC(F)(F)F)cc1)c1cc(-c2ccc(C(F)(F)F)c(Cl)c2)ncn1. The van der Waals surface area contributed by atoms with Gasteiger partial charge in [0.25, 0.3) is 0 Å². The maximum Gasteiger partial charge on any atom is 0.446 e. The molecule has 1 heterocycles. The number of hydrogen-bond acceptors (Lipinski definition) is 5. The first-order valence-electron chi connectivity index (χ1n) is 8.88. The van der Waals surface area contributed by atoms with Crippen molar-refractivity contribution in [2.75, 3.05) is 6.54 Å². The van der Waals surface area contributed by atoms with E-state index in [-0.39, 0.29) is 34.6 Å². The predicted molar refractivity (Wildman–Crippen MR) is 110 cm³/mol. The molecule has 0 fully saturated rings. The van der Waals surface area contributed by atoms with Gasteiger partial charge in [-0.3, -0.25) is 0 Å². The number of halogens is 7. The molecule has 3 aromatic rings. The smallest absolute Gasteiger partial charge is 0.328 e. The van der Waals surface area contributed by atoms with E-state index in [1.165, 1.54) is 42.7 Å². The molecule has 0 aliphatic carbocycles. The molecule has 4 N–H and O–H groups in total. The summed E-state index contributed by atoms with van der Waals surface area (Å²) in [6.45, 7) is -0.150. The van der Waals surface area contributed by atoms with Crippen LogP contribution in [-0.2, 0) is 11.7 Å². The molecule has 32 heavy (non-hydrogen) atoms. The van der Waals surface area contributed by atoms with Crippen LogP contribution in [-0.4, -0.2) is 22.0 Å². The van der Waals surface area contributed by atoms with Crippen LogP contribution in [0.5, 0.6) is 0 Å². The predicted octanol–water partition coefficient (Wildman–Crippen LogP) is 5.59. The second-order valence-corrected chi connectivity index (χ2v) is 8.27. The van der Waals surface area contributed by atoms with Gasteiger partial charge in [0.05, 0.1) is 27.5 Å². The Balaban J connectivity index is 1.97. The molecule has 12 heteroatoms. The molecule has 0 aliphatic rings. The fourth-order valence-corrected chi connectivity index (χ4v) is 3.81. The molecule has 0 aliphatic heterocycles. The van der Waals surface area contributed by atoms with Crippen molar-refractivity contribution in [3.05, 3.63) is 76.7 Å². The molecule has 3 rings (SSSR count). The van der Waals surface area contributed by atoms with E-state index in [4.69, 9.17) is 23.1 Å². The Morgan fingerprint density at radius 2 is 1.56 bits per heavy atom. The molecule has 1 unspecified atom stereocenters. The molecule has 0 saturated heterocycles. The zero-order valence-corrected chi connectivity index (χ0v) is 17.6. The number of hydrogen-bond donors (Lipinski definition) is 2. The summed E-state index contributed by atoms with van der Waals surface area (Å²) >= 11 is 5.52. The Morgan fingerprint density at radius 1 is 0.906 bits per heavy atom. The Hall–Kier alpha value is -2.34. The first kappa shape index (κ1) is 24.3. The van der Waals surface area contributed by atoms with Gasteiger partial charge in [-0.1, -0.05) is 29.8 Å². The van der Waals surface area contributed by atoms with Gasteiger partial charge >= 0.3 is 11.7 Å². The first-order valence-corrected chi connectivity index (χ1v) is 10.1. The lowest BCUT2D eigenvalue weighted by molar-refractivity contribution is -0.137. The molecule has 0 saturated carbocycles. The number of aromatic nitrogens is 2.